The average Bonchev–Trinajstić information content (AvgIpc) is 3.09. The number of ether oxygens (including phenoxy) is 4. The fourth-order valence-corrected chi connectivity index (χ4v) is 4.11. The van der Waals surface area contributed by atoms with Gasteiger partial charge in [-0.2, -0.15) is 0 Å². The zero-order valence-corrected chi connectivity index (χ0v) is 23.0. The maximum absolute atomic E-state index is 15.3. The number of nitrogens with zero attached hydrogens (tertiary/aromatic N) is 1. The Labute approximate surface area is 216 Å². The topological polar surface area (TPSA) is 81.1 Å². The van der Waals surface area contributed by atoms with E-state index in [9.17, 15) is 4.79 Å². The average molecular weight is 553 g/mol. The summed E-state index contributed by atoms with van der Waals surface area (Å²) < 4.78 is 37.4. The van der Waals surface area contributed by atoms with Crippen LogP contribution in [0.4, 0.5) is 4.39 Å². The lowest BCUT2D eigenvalue weighted by molar-refractivity contribution is 0.0962. The SMILES string of the molecule is Br.CCOc1cc2c(c(F)c1OCC)C(=N)N(CC(=O)c1cc(OC)c(OC)c(C(C)(C)C)c1)C2. The first-order chi connectivity index (χ1) is 16.1. The van der Waals surface area contributed by atoms with Crippen LogP contribution >= 0.6 is 17.0 Å². The third-order valence-electron chi connectivity index (χ3n) is 5.72. The molecule has 0 fully saturated rings. The fourth-order valence-electron chi connectivity index (χ4n) is 4.11. The second kappa shape index (κ2) is 11.3. The normalized spacial score (nSPS) is 12.7. The third kappa shape index (κ3) is 5.55. The Morgan fingerprint density at radius 3 is 2.23 bits per heavy atom. The molecule has 0 aromatic heterocycles. The maximum Gasteiger partial charge on any atom is 0.197 e. The van der Waals surface area contributed by atoms with Crippen LogP contribution < -0.4 is 18.9 Å². The molecule has 1 aliphatic rings. The van der Waals surface area contributed by atoms with Gasteiger partial charge in [-0.3, -0.25) is 10.2 Å². The number of carbonyl (C=O) groups is 1. The third-order valence-corrected chi connectivity index (χ3v) is 5.72. The molecule has 0 aliphatic carbocycles. The van der Waals surface area contributed by atoms with Crippen molar-refractivity contribution in [1.29, 1.82) is 5.41 Å². The number of hydrogen-bond donors (Lipinski definition) is 1. The fraction of sp³-hybridized carbons (Fsp3) is 0.462. The number of amidine groups is 1. The number of benzene rings is 2. The van der Waals surface area contributed by atoms with Crippen LogP contribution in [0.1, 0.15) is 61.7 Å². The van der Waals surface area contributed by atoms with Gasteiger partial charge in [-0.25, -0.2) is 4.39 Å². The minimum atomic E-state index is -0.635. The van der Waals surface area contributed by atoms with Crippen LogP contribution in [0.3, 0.4) is 0 Å². The van der Waals surface area contributed by atoms with Crippen molar-refractivity contribution in [3.8, 4) is 23.0 Å². The van der Waals surface area contributed by atoms with E-state index in [1.165, 1.54) is 7.11 Å². The summed E-state index contributed by atoms with van der Waals surface area (Å²) in [6.07, 6.45) is 0. The molecule has 0 saturated heterocycles. The number of Topliss-reactive ketones (excluding diaryl/α,β-unsaturated/α-hetero) is 1. The first kappa shape index (κ1) is 28.4. The first-order valence-electron chi connectivity index (χ1n) is 11.3. The molecular formula is C26H34BrFN2O5. The van der Waals surface area contributed by atoms with Crippen LogP contribution in [-0.4, -0.2) is 50.5 Å². The molecule has 0 spiro atoms. The van der Waals surface area contributed by atoms with Crippen molar-refractivity contribution in [3.05, 3.63) is 46.3 Å². The lowest BCUT2D eigenvalue weighted by Gasteiger charge is -2.25. The largest absolute Gasteiger partial charge is 0.493 e. The molecule has 9 heteroatoms. The summed E-state index contributed by atoms with van der Waals surface area (Å²) in [4.78, 5) is 14.8. The van der Waals surface area contributed by atoms with Crippen molar-refractivity contribution in [1.82, 2.24) is 4.90 Å². The molecule has 0 atom stereocenters. The van der Waals surface area contributed by atoms with Crippen LogP contribution in [0.5, 0.6) is 23.0 Å². The molecule has 0 bridgehead atoms. The Bertz CT molecular complexity index is 1110. The molecule has 0 radical (unpaired) electrons. The van der Waals surface area contributed by atoms with Crippen LogP contribution in [-0.2, 0) is 12.0 Å². The summed E-state index contributed by atoms with van der Waals surface area (Å²) in [5.74, 6) is 0.449. The molecule has 1 N–H and O–H groups in total. The quantitative estimate of drug-likeness (QED) is 0.411. The predicted octanol–water partition coefficient (Wildman–Crippen LogP) is 5.54. The van der Waals surface area contributed by atoms with Crippen molar-refractivity contribution < 1.29 is 28.1 Å². The molecule has 7 nitrogen and oxygen atoms in total. The van der Waals surface area contributed by atoms with Crippen LogP contribution in [0.25, 0.3) is 0 Å². The lowest BCUT2D eigenvalue weighted by atomic mass is 9.84. The van der Waals surface area contributed by atoms with Gasteiger partial charge in [-0.1, -0.05) is 20.8 Å². The number of carbonyl (C=O) groups excluding carboxylic acids is 1. The van der Waals surface area contributed by atoms with Gasteiger partial charge in [-0.05, 0) is 43.0 Å². The van der Waals surface area contributed by atoms with E-state index in [0.29, 0.717) is 35.0 Å². The first-order valence-corrected chi connectivity index (χ1v) is 11.3. The molecule has 0 saturated carbocycles. The number of hydrogen-bond acceptors (Lipinski definition) is 6. The number of ketones is 1. The minimum Gasteiger partial charge on any atom is -0.493 e. The Hall–Kier alpha value is -2.81. The van der Waals surface area contributed by atoms with Crippen molar-refractivity contribution >= 4 is 28.6 Å². The van der Waals surface area contributed by atoms with E-state index in [1.54, 1.807) is 37.1 Å². The smallest absolute Gasteiger partial charge is 0.197 e. The van der Waals surface area contributed by atoms with Crippen molar-refractivity contribution in [2.24, 2.45) is 0 Å². The number of halogens is 2. The number of fused-ring (bicyclic) bond motifs is 1. The maximum atomic E-state index is 15.3. The highest BCUT2D eigenvalue weighted by Gasteiger charge is 2.33. The van der Waals surface area contributed by atoms with Crippen LogP contribution in [0, 0.1) is 11.2 Å². The number of nitrogens with one attached hydrogen (secondary N) is 1. The van der Waals surface area contributed by atoms with Gasteiger partial charge in [0, 0.05) is 17.7 Å². The van der Waals surface area contributed by atoms with E-state index in [4.69, 9.17) is 24.4 Å². The van der Waals surface area contributed by atoms with E-state index in [0.717, 1.165) is 5.56 Å². The lowest BCUT2D eigenvalue weighted by Crippen LogP contribution is -2.30. The zero-order valence-electron chi connectivity index (χ0n) is 21.3. The Balaban J connectivity index is 0.00000432. The summed E-state index contributed by atoms with van der Waals surface area (Å²) in [5, 5.41) is 8.56. The Morgan fingerprint density at radius 1 is 1.03 bits per heavy atom. The second-order valence-electron chi connectivity index (χ2n) is 9.06. The molecule has 35 heavy (non-hydrogen) atoms. The summed E-state index contributed by atoms with van der Waals surface area (Å²) in [6, 6.07) is 5.14. The summed E-state index contributed by atoms with van der Waals surface area (Å²) >= 11 is 0. The van der Waals surface area contributed by atoms with Crippen molar-refractivity contribution in [2.45, 2.75) is 46.6 Å². The van der Waals surface area contributed by atoms with E-state index in [1.807, 2.05) is 27.7 Å². The van der Waals surface area contributed by atoms with Gasteiger partial charge in [0.2, 0.25) is 0 Å². The highest BCUT2D eigenvalue weighted by atomic mass is 79.9. The predicted molar refractivity (Wildman–Crippen MR) is 139 cm³/mol. The highest BCUT2D eigenvalue weighted by molar-refractivity contribution is 8.93. The van der Waals surface area contributed by atoms with Gasteiger partial charge in [0.25, 0.3) is 0 Å². The van der Waals surface area contributed by atoms with Gasteiger partial charge < -0.3 is 23.8 Å². The molecular weight excluding hydrogens is 519 g/mol. The molecule has 192 valence electrons. The van der Waals surface area contributed by atoms with E-state index in [-0.39, 0.29) is 65.0 Å². The van der Waals surface area contributed by atoms with Crippen molar-refractivity contribution in [2.75, 3.05) is 34.0 Å². The van der Waals surface area contributed by atoms with E-state index in [2.05, 4.69) is 0 Å². The van der Waals surface area contributed by atoms with E-state index < -0.39 is 5.82 Å². The molecule has 2 aromatic carbocycles. The van der Waals surface area contributed by atoms with Gasteiger partial charge in [0.05, 0.1) is 39.5 Å². The molecule has 2 aromatic rings. The minimum absolute atomic E-state index is 0. The molecule has 0 unspecified atom stereocenters. The molecule has 0 amide bonds. The Morgan fingerprint density at radius 2 is 1.69 bits per heavy atom. The van der Waals surface area contributed by atoms with Gasteiger partial charge in [0.1, 0.15) is 5.84 Å². The number of rotatable bonds is 9. The summed E-state index contributed by atoms with van der Waals surface area (Å²) in [6.45, 7) is 10.4. The van der Waals surface area contributed by atoms with Crippen LogP contribution in [0.15, 0.2) is 18.2 Å². The second-order valence-corrected chi connectivity index (χ2v) is 9.06. The standard InChI is InChI=1S/C26H33FN2O5.BrH/c1-8-33-20-12-16-13-29(25(28)21(16)22(27)24(20)34-9-2)14-18(30)15-10-17(26(3,4)5)23(32-7)19(11-15)31-6;/h10-12,28H,8-9,13-14H2,1-7H3;1H. The molecule has 3 rings (SSSR count). The monoisotopic (exact) mass is 552 g/mol. The zero-order chi connectivity index (χ0) is 25.2. The van der Waals surface area contributed by atoms with Gasteiger partial charge in [-0.15, -0.1) is 17.0 Å². The number of methoxy groups -OCH3 is 2. The highest BCUT2D eigenvalue weighted by Crippen LogP contribution is 2.41. The summed E-state index contributed by atoms with van der Waals surface area (Å²) in [7, 11) is 3.10. The van der Waals surface area contributed by atoms with Gasteiger partial charge >= 0.3 is 0 Å². The summed E-state index contributed by atoms with van der Waals surface area (Å²) in [5.41, 5.74) is 1.72. The van der Waals surface area contributed by atoms with Gasteiger partial charge in [0.15, 0.2) is 34.6 Å². The Kier molecular flexibility index (Phi) is 9.17. The van der Waals surface area contributed by atoms with Crippen LogP contribution in [0.2, 0.25) is 0 Å². The molecule has 1 aliphatic heterocycles. The van der Waals surface area contributed by atoms with Crippen molar-refractivity contribution in [3.63, 3.8) is 0 Å². The molecule has 1 heterocycles. The van der Waals surface area contributed by atoms with E-state index >= 15 is 4.39 Å².